The van der Waals surface area contributed by atoms with E-state index in [0.29, 0.717) is 17.9 Å². The van der Waals surface area contributed by atoms with Crippen molar-refractivity contribution in [3.63, 3.8) is 0 Å². The lowest BCUT2D eigenvalue weighted by Gasteiger charge is -2.10. The van der Waals surface area contributed by atoms with E-state index in [9.17, 15) is 9.59 Å². The van der Waals surface area contributed by atoms with Crippen molar-refractivity contribution in [2.75, 3.05) is 23.8 Å². The van der Waals surface area contributed by atoms with Crippen LogP contribution in [0, 0.1) is 6.92 Å². The molecule has 2 rings (SSSR count). The third-order valence-electron chi connectivity index (χ3n) is 3.26. The quantitative estimate of drug-likeness (QED) is 0.804. The summed E-state index contributed by atoms with van der Waals surface area (Å²) in [6.07, 6.45) is 0. The third-order valence-corrected chi connectivity index (χ3v) is 3.26. The summed E-state index contributed by atoms with van der Waals surface area (Å²) in [6.45, 7) is 4.24. The highest BCUT2D eigenvalue weighted by Crippen LogP contribution is 2.13. The van der Waals surface area contributed by atoms with Gasteiger partial charge in [-0.05, 0) is 49.7 Å². The highest BCUT2D eigenvalue weighted by Gasteiger charge is 2.07. The maximum Gasteiger partial charge on any atom is 0.338 e. The van der Waals surface area contributed by atoms with Gasteiger partial charge in [0, 0.05) is 11.4 Å². The number of aryl methyl sites for hydroxylation is 1. The number of nitrogens with one attached hydrogen (secondary N) is 2. The van der Waals surface area contributed by atoms with E-state index in [0.717, 1.165) is 11.3 Å². The zero-order valence-corrected chi connectivity index (χ0v) is 13.3. The van der Waals surface area contributed by atoms with E-state index in [1.807, 2.05) is 31.2 Å². The summed E-state index contributed by atoms with van der Waals surface area (Å²) in [5.74, 6) is -0.524. The lowest BCUT2D eigenvalue weighted by atomic mass is 10.2. The lowest BCUT2D eigenvalue weighted by Crippen LogP contribution is -2.22. The molecule has 0 aliphatic rings. The predicted octanol–water partition coefficient (Wildman–Crippen LogP) is 3.22. The highest BCUT2D eigenvalue weighted by atomic mass is 16.5. The number of amides is 1. The fourth-order valence-electron chi connectivity index (χ4n) is 2.06. The number of anilines is 2. The Balaban J connectivity index is 1.88. The molecule has 0 aliphatic heterocycles. The molecule has 2 N–H and O–H groups in total. The maximum absolute atomic E-state index is 12.0. The number of hydrogen-bond donors (Lipinski definition) is 2. The molecule has 5 nitrogen and oxygen atoms in total. The van der Waals surface area contributed by atoms with Crippen molar-refractivity contribution in [2.45, 2.75) is 13.8 Å². The SMILES string of the molecule is CCOC(=O)c1ccc(NC(=O)CNc2ccccc2C)cc1. The van der Waals surface area contributed by atoms with E-state index in [1.54, 1.807) is 31.2 Å². The molecule has 0 spiro atoms. The first kappa shape index (κ1) is 16.5. The van der Waals surface area contributed by atoms with E-state index < -0.39 is 0 Å². The number of benzene rings is 2. The lowest BCUT2D eigenvalue weighted by molar-refractivity contribution is -0.114. The van der Waals surface area contributed by atoms with Crippen molar-refractivity contribution in [2.24, 2.45) is 0 Å². The minimum Gasteiger partial charge on any atom is -0.462 e. The van der Waals surface area contributed by atoms with Crippen LogP contribution in [0.1, 0.15) is 22.8 Å². The summed E-state index contributed by atoms with van der Waals surface area (Å²) in [6, 6.07) is 14.4. The normalized spacial score (nSPS) is 10.0. The fraction of sp³-hybridized carbons (Fsp3) is 0.222. The van der Waals surface area contributed by atoms with Crippen molar-refractivity contribution in [3.05, 3.63) is 59.7 Å². The summed E-state index contributed by atoms with van der Waals surface area (Å²) in [7, 11) is 0. The van der Waals surface area contributed by atoms with E-state index >= 15 is 0 Å². The molecule has 0 saturated heterocycles. The first-order valence-electron chi connectivity index (χ1n) is 7.46. The van der Waals surface area contributed by atoms with E-state index in [1.165, 1.54) is 0 Å². The van der Waals surface area contributed by atoms with Crippen LogP contribution in [0.15, 0.2) is 48.5 Å². The Labute approximate surface area is 135 Å². The molecule has 5 heteroatoms. The van der Waals surface area contributed by atoms with Crippen molar-refractivity contribution < 1.29 is 14.3 Å². The van der Waals surface area contributed by atoms with Crippen molar-refractivity contribution in [1.29, 1.82) is 0 Å². The number of hydrogen-bond acceptors (Lipinski definition) is 4. The van der Waals surface area contributed by atoms with Crippen LogP contribution in [-0.4, -0.2) is 25.0 Å². The van der Waals surface area contributed by atoms with E-state index in [2.05, 4.69) is 10.6 Å². The van der Waals surface area contributed by atoms with Gasteiger partial charge in [0.1, 0.15) is 0 Å². The summed E-state index contributed by atoms with van der Waals surface area (Å²) in [5.41, 5.74) is 3.11. The minimum absolute atomic E-state index is 0.155. The Kier molecular flexibility index (Phi) is 5.74. The standard InChI is InChI=1S/C18H20N2O3/c1-3-23-18(22)14-8-10-15(11-9-14)20-17(21)12-19-16-7-5-4-6-13(16)2/h4-11,19H,3,12H2,1-2H3,(H,20,21). The van der Waals surface area contributed by atoms with Gasteiger partial charge >= 0.3 is 5.97 Å². The number of carbonyl (C=O) groups is 2. The second kappa shape index (κ2) is 7.98. The first-order valence-corrected chi connectivity index (χ1v) is 7.46. The minimum atomic E-state index is -0.369. The number of rotatable bonds is 6. The van der Waals surface area contributed by atoms with Crippen LogP contribution in [0.5, 0.6) is 0 Å². The highest BCUT2D eigenvalue weighted by molar-refractivity contribution is 5.95. The maximum atomic E-state index is 12.0. The van der Waals surface area contributed by atoms with E-state index in [4.69, 9.17) is 4.74 Å². The molecule has 0 atom stereocenters. The Morgan fingerprint density at radius 3 is 2.39 bits per heavy atom. The molecule has 0 aliphatic carbocycles. The molecule has 0 saturated carbocycles. The van der Waals surface area contributed by atoms with Crippen LogP contribution < -0.4 is 10.6 Å². The van der Waals surface area contributed by atoms with Crippen LogP contribution in [0.3, 0.4) is 0 Å². The average molecular weight is 312 g/mol. The molecule has 2 aromatic carbocycles. The second-order valence-electron chi connectivity index (χ2n) is 5.01. The second-order valence-corrected chi connectivity index (χ2v) is 5.01. The third kappa shape index (κ3) is 4.85. The van der Waals surface area contributed by atoms with Gasteiger partial charge in [-0.25, -0.2) is 4.79 Å². The molecule has 1 amide bonds. The molecule has 23 heavy (non-hydrogen) atoms. The number of carbonyl (C=O) groups excluding carboxylic acids is 2. The Bertz CT molecular complexity index is 681. The van der Waals surface area contributed by atoms with E-state index in [-0.39, 0.29) is 18.4 Å². The van der Waals surface area contributed by atoms with Gasteiger partial charge in [0.25, 0.3) is 0 Å². The van der Waals surface area contributed by atoms with Crippen LogP contribution in [0.25, 0.3) is 0 Å². The monoisotopic (exact) mass is 312 g/mol. The van der Waals surface area contributed by atoms with Crippen LogP contribution in [0.2, 0.25) is 0 Å². The summed E-state index contributed by atoms with van der Waals surface area (Å²) < 4.78 is 4.91. The Morgan fingerprint density at radius 2 is 1.74 bits per heavy atom. The summed E-state index contributed by atoms with van der Waals surface area (Å²) in [5, 5.41) is 5.87. The van der Waals surface area contributed by atoms with Gasteiger partial charge in [-0.3, -0.25) is 4.79 Å². The smallest absolute Gasteiger partial charge is 0.338 e. The van der Waals surface area contributed by atoms with Crippen LogP contribution >= 0.6 is 0 Å². The molecule has 0 radical (unpaired) electrons. The number of esters is 1. The molecule has 0 fully saturated rings. The zero-order valence-electron chi connectivity index (χ0n) is 13.3. The van der Waals surface area contributed by atoms with Crippen LogP contribution in [0.4, 0.5) is 11.4 Å². The topological polar surface area (TPSA) is 67.4 Å². The van der Waals surface area contributed by atoms with Gasteiger partial charge < -0.3 is 15.4 Å². The number of para-hydroxylation sites is 1. The van der Waals surface area contributed by atoms with Crippen molar-refractivity contribution in [1.82, 2.24) is 0 Å². The van der Waals surface area contributed by atoms with Gasteiger partial charge in [0.15, 0.2) is 0 Å². The summed E-state index contributed by atoms with van der Waals surface area (Å²) in [4.78, 5) is 23.5. The van der Waals surface area contributed by atoms with Gasteiger partial charge in [-0.2, -0.15) is 0 Å². The Morgan fingerprint density at radius 1 is 1.04 bits per heavy atom. The van der Waals surface area contributed by atoms with Crippen molar-refractivity contribution in [3.8, 4) is 0 Å². The van der Waals surface area contributed by atoms with Gasteiger partial charge in [-0.1, -0.05) is 18.2 Å². The number of ether oxygens (including phenoxy) is 1. The van der Waals surface area contributed by atoms with Gasteiger partial charge in [0.05, 0.1) is 18.7 Å². The molecular weight excluding hydrogens is 292 g/mol. The molecule has 0 unspecified atom stereocenters. The fourth-order valence-corrected chi connectivity index (χ4v) is 2.06. The molecule has 2 aromatic rings. The van der Waals surface area contributed by atoms with Gasteiger partial charge in [0.2, 0.25) is 5.91 Å². The molecule has 120 valence electrons. The first-order chi connectivity index (χ1) is 11.1. The Hall–Kier alpha value is -2.82. The van der Waals surface area contributed by atoms with Crippen LogP contribution in [-0.2, 0) is 9.53 Å². The molecule has 0 aromatic heterocycles. The zero-order chi connectivity index (χ0) is 16.7. The van der Waals surface area contributed by atoms with Gasteiger partial charge in [-0.15, -0.1) is 0 Å². The van der Waals surface area contributed by atoms with Crippen molar-refractivity contribution >= 4 is 23.3 Å². The molecule has 0 bridgehead atoms. The molecule has 0 heterocycles. The molecular formula is C18H20N2O3. The summed E-state index contributed by atoms with van der Waals surface area (Å²) >= 11 is 0. The largest absolute Gasteiger partial charge is 0.462 e. The average Bonchev–Trinajstić information content (AvgIpc) is 2.55. The predicted molar refractivity (Wildman–Crippen MR) is 90.7 cm³/mol.